The molecule has 3 rings (SSSR count). The van der Waals surface area contributed by atoms with Crippen LogP contribution in [0.3, 0.4) is 0 Å². The lowest BCUT2D eigenvalue weighted by Gasteiger charge is -2.12. The van der Waals surface area contributed by atoms with E-state index in [-0.39, 0.29) is 0 Å². The molecule has 2 bridgehead atoms. The third kappa shape index (κ3) is 0.919. The van der Waals surface area contributed by atoms with Gasteiger partial charge in [0, 0.05) is 0 Å². The summed E-state index contributed by atoms with van der Waals surface area (Å²) in [6.07, 6.45) is 9.23. The van der Waals surface area contributed by atoms with Gasteiger partial charge in [-0.3, -0.25) is 0 Å². The lowest BCUT2D eigenvalue weighted by molar-refractivity contribution is 0.658. The molecule has 0 amide bonds. The van der Waals surface area contributed by atoms with Crippen molar-refractivity contribution in [2.75, 3.05) is 0 Å². The van der Waals surface area contributed by atoms with Crippen LogP contribution in [0.4, 0.5) is 0 Å². The molecule has 0 nitrogen and oxygen atoms in total. The summed E-state index contributed by atoms with van der Waals surface area (Å²) in [4.78, 5) is 0. The average molecular weight is 172 g/mol. The Bertz CT molecular complexity index is 320. The van der Waals surface area contributed by atoms with Crippen molar-refractivity contribution in [1.29, 1.82) is 0 Å². The first-order valence-corrected chi connectivity index (χ1v) is 5.37. The molecule has 0 heterocycles. The van der Waals surface area contributed by atoms with E-state index in [1.165, 1.54) is 30.4 Å². The van der Waals surface area contributed by atoms with Crippen molar-refractivity contribution in [2.24, 2.45) is 11.8 Å². The van der Waals surface area contributed by atoms with E-state index in [0.717, 1.165) is 11.8 Å². The molecule has 0 spiro atoms. The Balaban J connectivity index is 2.10. The van der Waals surface area contributed by atoms with Gasteiger partial charge in [-0.05, 0) is 61.7 Å². The monoisotopic (exact) mass is 172 g/mol. The lowest BCUT2D eigenvalue weighted by Crippen LogP contribution is -1.99. The van der Waals surface area contributed by atoms with E-state index >= 15 is 0 Å². The topological polar surface area (TPSA) is 0 Å². The average Bonchev–Trinajstić information content (AvgIpc) is 2.76. The molecule has 0 saturated heterocycles. The highest BCUT2D eigenvalue weighted by Crippen LogP contribution is 2.54. The molecule has 0 radical (unpaired) electrons. The molecule has 0 heteroatoms. The SMILES string of the molecule is CC(C)=C1C=C2C(=C1)C1CCC2C1. The van der Waals surface area contributed by atoms with E-state index in [1.807, 2.05) is 0 Å². The highest BCUT2D eigenvalue weighted by Gasteiger charge is 2.41. The van der Waals surface area contributed by atoms with Crippen LogP contribution in [-0.2, 0) is 0 Å². The van der Waals surface area contributed by atoms with Gasteiger partial charge >= 0.3 is 0 Å². The van der Waals surface area contributed by atoms with Crippen LogP contribution in [0.15, 0.2) is 34.4 Å². The molecular weight excluding hydrogens is 156 g/mol. The first-order chi connectivity index (χ1) is 6.25. The molecule has 0 aromatic carbocycles. The molecule has 2 saturated carbocycles. The molecule has 0 N–H and O–H groups in total. The van der Waals surface area contributed by atoms with Crippen LogP contribution in [0.5, 0.6) is 0 Å². The van der Waals surface area contributed by atoms with Crippen LogP contribution in [0.2, 0.25) is 0 Å². The maximum absolute atomic E-state index is 2.44. The summed E-state index contributed by atoms with van der Waals surface area (Å²) in [5.41, 5.74) is 6.33. The number of rotatable bonds is 0. The zero-order valence-electron chi connectivity index (χ0n) is 8.43. The maximum atomic E-state index is 2.44. The molecule has 2 atom stereocenters. The second kappa shape index (κ2) is 2.37. The Kier molecular flexibility index (Phi) is 1.39. The number of hydrogen-bond acceptors (Lipinski definition) is 0. The van der Waals surface area contributed by atoms with Crippen molar-refractivity contribution >= 4 is 0 Å². The fraction of sp³-hybridized carbons (Fsp3) is 0.538. The van der Waals surface area contributed by atoms with Crippen LogP contribution in [0.25, 0.3) is 0 Å². The van der Waals surface area contributed by atoms with Gasteiger partial charge in [-0.25, -0.2) is 0 Å². The highest BCUT2D eigenvalue weighted by atomic mass is 14.4. The van der Waals surface area contributed by atoms with Gasteiger partial charge in [0.05, 0.1) is 0 Å². The third-order valence-electron chi connectivity index (χ3n) is 3.84. The zero-order chi connectivity index (χ0) is 9.00. The fourth-order valence-electron chi connectivity index (χ4n) is 3.09. The van der Waals surface area contributed by atoms with Gasteiger partial charge in [0.1, 0.15) is 0 Å². The predicted octanol–water partition coefficient (Wildman–Crippen LogP) is 3.62. The van der Waals surface area contributed by atoms with E-state index in [0.29, 0.717) is 0 Å². The van der Waals surface area contributed by atoms with Crippen LogP contribution in [0.1, 0.15) is 33.1 Å². The maximum Gasteiger partial charge on any atom is -0.0153 e. The second-order valence-corrected chi connectivity index (χ2v) is 4.86. The molecule has 0 aromatic heterocycles. The van der Waals surface area contributed by atoms with Crippen molar-refractivity contribution in [1.82, 2.24) is 0 Å². The standard InChI is InChI=1S/C13H16/c1-8(2)11-6-12-9-3-4-10(5-9)13(12)7-11/h6-7,9-10H,3-5H2,1-2H3. The fourth-order valence-corrected chi connectivity index (χ4v) is 3.09. The molecular formula is C13H16. The summed E-state index contributed by atoms with van der Waals surface area (Å²) in [6, 6.07) is 0. The van der Waals surface area contributed by atoms with Crippen molar-refractivity contribution in [2.45, 2.75) is 33.1 Å². The van der Waals surface area contributed by atoms with Gasteiger partial charge in [0.15, 0.2) is 0 Å². The molecule has 0 aromatic rings. The van der Waals surface area contributed by atoms with E-state index in [9.17, 15) is 0 Å². The largest absolute Gasteiger partial charge is 0.0692 e. The van der Waals surface area contributed by atoms with Crippen LogP contribution in [-0.4, -0.2) is 0 Å². The number of hydrogen-bond donors (Lipinski definition) is 0. The Hall–Kier alpha value is -0.780. The summed E-state index contributed by atoms with van der Waals surface area (Å²) in [7, 11) is 0. The second-order valence-electron chi connectivity index (χ2n) is 4.86. The van der Waals surface area contributed by atoms with Crippen LogP contribution >= 0.6 is 0 Å². The van der Waals surface area contributed by atoms with Gasteiger partial charge in [-0.15, -0.1) is 0 Å². The molecule has 0 aliphatic heterocycles. The zero-order valence-corrected chi connectivity index (χ0v) is 8.43. The van der Waals surface area contributed by atoms with E-state index in [2.05, 4.69) is 26.0 Å². The molecule has 68 valence electrons. The van der Waals surface area contributed by atoms with E-state index < -0.39 is 0 Å². The highest BCUT2D eigenvalue weighted by molar-refractivity contribution is 5.58. The van der Waals surface area contributed by atoms with Crippen molar-refractivity contribution in [3.63, 3.8) is 0 Å². The Labute approximate surface area is 80.0 Å². The van der Waals surface area contributed by atoms with E-state index in [4.69, 9.17) is 0 Å². The first-order valence-electron chi connectivity index (χ1n) is 5.37. The van der Waals surface area contributed by atoms with Gasteiger partial charge in [-0.1, -0.05) is 17.7 Å². The number of fused-ring (bicyclic) bond motifs is 5. The van der Waals surface area contributed by atoms with Crippen molar-refractivity contribution in [3.8, 4) is 0 Å². The number of allylic oxidation sites excluding steroid dienone is 6. The Morgan fingerprint density at radius 1 is 1.08 bits per heavy atom. The Morgan fingerprint density at radius 2 is 1.62 bits per heavy atom. The van der Waals surface area contributed by atoms with Crippen LogP contribution < -0.4 is 0 Å². The van der Waals surface area contributed by atoms with Gasteiger partial charge in [-0.2, -0.15) is 0 Å². The molecule has 3 aliphatic rings. The smallest absolute Gasteiger partial charge is 0.0153 e. The molecule has 13 heavy (non-hydrogen) atoms. The van der Waals surface area contributed by atoms with Crippen molar-refractivity contribution in [3.05, 3.63) is 34.4 Å². The molecule has 2 unspecified atom stereocenters. The van der Waals surface area contributed by atoms with Gasteiger partial charge in [0.2, 0.25) is 0 Å². The van der Waals surface area contributed by atoms with Gasteiger partial charge < -0.3 is 0 Å². The normalized spacial score (nSPS) is 34.8. The quantitative estimate of drug-likeness (QED) is 0.523. The summed E-state index contributed by atoms with van der Waals surface area (Å²) in [6.45, 7) is 4.43. The first kappa shape index (κ1) is 7.61. The van der Waals surface area contributed by atoms with Gasteiger partial charge in [0.25, 0.3) is 0 Å². The summed E-state index contributed by atoms with van der Waals surface area (Å²) < 4.78 is 0. The molecule has 2 fully saturated rings. The minimum Gasteiger partial charge on any atom is -0.0692 e. The third-order valence-corrected chi connectivity index (χ3v) is 3.84. The van der Waals surface area contributed by atoms with E-state index in [1.54, 1.807) is 11.1 Å². The lowest BCUT2D eigenvalue weighted by atomic mass is 9.92. The minimum absolute atomic E-state index is 0.924. The van der Waals surface area contributed by atoms with Crippen LogP contribution in [0, 0.1) is 11.8 Å². The molecule has 3 aliphatic carbocycles. The summed E-state index contributed by atoms with van der Waals surface area (Å²) in [5, 5.41) is 0. The summed E-state index contributed by atoms with van der Waals surface area (Å²) >= 11 is 0. The Morgan fingerprint density at radius 3 is 2.08 bits per heavy atom. The van der Waals surface area contributed by atoms with Crippen molar-refractivity contribution < 1.29 is 0 Å². The predicted molar refractivity (Wildman–Crippen MR) is 55.4 cm³/mol. The minimum atomic E-state index is 0.924. The summed E-state index contributed by atoms with van der Waals surface area (Å²) in [5.74, 6) is 1.85.